The molecule has 0 N–H and O–H groups in total. The summed E-state index contributed by atoms with van der Waals surface area (Å²) < 4.78 is 0. The van der Waals surface area contributed by atoms with E-state index in [1.807, 2.05) is 19.9 Å². The van der Waals surface area contributed by atoms with Crippen molar-refractivity contribution in [2.45, 2.75) is 20.8 Å². The van der Waals surface area contributed by atoms with Crippen LogP contribution in [0.25, 0.3) is 0 Å². The van der Waals surface area contributed by atoms with E-state index in [0.717, 1.165) is 11.1 Å². The van der Waals surface area contributed by atoms with Gasteiger partial charge in [-0.3, -0.25) is 4.79 Å². The quantitative estimate of drug-likeness (QED) is 0.446. The van der Waals surface area contributed by atoms with Crippen LogP contribution in [0.3, 0.4) is 0 Å². The maximum atomic E-state index is 10.6. The van der Waals surface area contributed by atoms with Crippen molar-refractivity contribution in [1.29, 1.82) is 0 Å². The standard InChI is InChI=1S/C10H14O/c1-5-6-8(2)9(3)7-10(4)11/h5-7H,1H2,2-4H3/b8-6-,9-7-. The molecule has 0 aliphatic rings. The Labute approximate surface area is 68.1 Å². The zero-order valence-electron chi connectivity index (χ0n) is 7.35. The normalized spacial score (nSPS) is 13.0. The molecule has 0 amide bonds. The van der Waals surface area contributed by atoms with Crippen LogP contribution in [-0.4, -0.2) is 5.78 Å². The first-order valence-electron chi connectivity index (χ1n) is 3.56. The Morgan fingerprint density at radius 2 is 1.73 bits per heavy atom. The van der Waals surface area contributed by atoms with E-state index >= 15 is 0 Å². The lowest BCUT2D eigenvalue weighted by atomic mass is 10.1. The lowest BCUT2D eigenvalue weighted by Crippen LogP contribution is -1.86. The van der Waals surface area contributed by atoms with E-state index in [-0.39, 0.29) is 5.78 Å². The van der Waals surface area contributed by atoms with Crippen LogP contribution in [0.5, 0.6) is 0 Å². The summed E-state index contributed by atoms with van der Waals surface area (Å²) in [5, 5.41) is 0. The summed E-state index contributed by atoms with van der Waals surface area (Å²) in [6, 6.07) is 0. The van der Waals surface area contributed by atoms with Crippen molar-refractivity contribution in [3.63, 3.8) is 0 Å². The van der Waals surface area contributed by atoms with Gasteiger partial charge in [0.05, 0.1) is 0 Å². The molecule has 0 aromatic carbocycles. The molecule has 0 atom stereocenters. The number of hydrogen-bond acceptors (Lipinski definition) is 1. The zero-order valence-corrected chi connectivity index (χ0v) is 7.35. The minimum Gasteiger partial charge on any atom is -0.295 e. The van der Waals surface area contributed by atoms with Crippen molar-refractivity contribution >= 4 is 5.78 Å². The van der Waals surface area contributed by atoms with Gasteiger partial charge in [0.2, 0.25) is 0 Å². The van der Waals surface area contributed by atoms with Crippen LogP contribution in [0.15, 0.2) is 36.0 Å². The second-order valence-corrected chi connectivity index (χ2v) is 2.52. The lowest BCUT2D eigenvalue weighted by Gasteiger charge is -1.97. The van der Waals surface area contributed by atoms with Gasteiger partial charge in [0.1, 0.15) is 0 Å². The minimum absolute atomic E-state index is 0.0827. The molecule has 0 fully saturated rings. The van der Waals surface area contributed by atoms with Gasteiger partial charge in [-0.1, -0.05) is 18.7 Å². The summed E-state index contributed by atoms with van der Waals surface area (Å²) in [6.45, 7) is 8.99. The monoisotopic (exact) mass is 150 g/mol. The van der Waals surface area contributed by atoms with Gasteiger partial charge in [-0.2, -0.15) is 0 Å². The van der Waals surface area contributed by atoms with E-state index in [0.29, 0.717) is 0 Å². The molecule has 60 valence electrons. The van der Waals surface area contributed by atoms with Crippen LogP contribution < -0.4 is 0 Å². The molecule has 0 saturated carbocycles. The van der Waals surface area contributed by atoms with E-state index in [4.69, 9.17) is 0 Å². The summed E-state index contributed by atoms with van der Waals surface area (Å²) in [7, 11) is 0. The van der Waals surface area contributed by atoms with Crippen molar-refractivity contribution < 1.29 is 4.79 Å². The van der Waals surface area contributed by atoms with Crippen LogP contribution >= 0.6 is 0 Å². The smallest absolute Gasteiger partial charge is 0.152 e. The number of allylic oxidation sites excluding steroid dienone is 5. The van der Waals surface area contributed by atoms with Crippen LogP contribution in [0.4, 0.5) is 0 Å². The highest BCUT2D eigenvalue weighted by atomic mass is 16.1. The van der Waals surface area contributed by atoms with Gasteiger partial charge in [0.25, 0.3) is 0 Å². The Morgan fingerprint density at radius 3 is 2.09 bits per heavy atom. The van der Waals surface area contributed by atoms with Gasteiger partial charge < -0.3 is 0 Å². The molecule has 0 aliphatic heterocycles. The predicted molar refractivity (Wildman–Crippen MR) is 48.4 cm³/mol. The maximum absolute atomic E-state index is 10.6. The summed E-state index contributed by atoms with van der Waals surface area (Å²) in [5.74, 6) is 0.0827. The summed E-state index contributed by atoms with van der Waals surface area (Å²) in [5.41, 5.74) is 2.08. The first-order valence-corrected chi connectivity index (χ1v) is 3.56. The van der Waals surface area contributed by atoms with Gasteiger partial charge >= 0.3 is 0 Å². The molecular weight excluding hydrogens is 136 g/mol. The van der Waals surface area contributed by atoms with Gasteiger partial charge in [-0.15, -0.1) is 0 Å². The fourth-order valence-electron chi connectivity index (χ4n) is 0.727. The van der Waals surface area contributed by atoms with Gasteiger partial charge in [-0.25, -0.2) is 0 Å². The number of carbonyl (C=O) groups is 1. The average Bonchev–Trinajstić information content (AvgIpc) is 1.86. The van der Waals surface area contributed by atoms with Gasteiger partial charge in [-0.05, 0) is 38.0 Å². The highest BCUT2D eigenvalue weighted by Gasteiger charge is 1.92. The largest absolute Gasteiger partial charge is 0.295 e. The molecule has 1 nitrogen and oxygen atoms in total. The fourth-order valence-corrected chi connectivity index (χ4v) is 0.727. The predicted octanol–water partition coefficient (Wildman–Crippen LogP) is 2.65. The van der Waals surface area contributed by atoms with Crippen LogP contribution in [0, 0.1) is 0 Å². The molecule has 1 heteroatoms. The number of hydrogen-bond donors (Lipinski definition) is 0. The first-order chi connectivity index (χ1) is 5.07. The number of ketones is 1. The third-order valence-corrected chi connectivity index (χ3v) is 1.41. The van der Waals surface area contributed by atoms with E-state index in [9.17, 15) is 4.79 Å². The molecular formula is C10H14O. The number of rotatable bonds is 3. The van der Waals surface area contributed by atoms with Crippen molar-refractivity contribution in [2.24, 2.45) is 0 Å². The Hall–Kier alpha value is -1.11. The highest BCUT2D eigenvalue weighted by Crippen LogP contribution is 2.07. The average molecular weight is 150 g/mol. The van der Waals surface area contributed by atoms with Crippen LogP contribution in [-0.2, 0) is 4.79 Å². The first kappa shape index (κ1) is 9.89. The number of carbonyl (C=O) groups excluding carboxylic acids is 1. The van der Waals surface area contributed by atoms with Crippen LogP contribution in [0.1, 0.15) is 20.8 Å². The molecule has 0 aromatic heterocycles. The topological polar surface area (TPSA) is 17.1 Å². The van der Waals surface area contributed by atoms with E-state index in [1.54, 1.807) is 19.1 Å². The molecule has 0 rings (SSSR count). The van der Waals surface area contributed by atoms with Crippen molar-refractivity contribution in [3.05, 3.63) is 36.0 Å². The van der Waals surface area contributed by atoms with Gasteiger partial charge in [0, 0.05) is 0 Å². The Morgan fingerprint density at radius 1 is 1.18 bits per heavy atom. The molecule has 0 saturated heterocycles. The van der Waals surface area contributed by atoms with E-state index in [2.05, 4.69) is 6.58 Å². The Balaban J connectivity index is 4.47. The second-order valence-electron chi connectivity index (χ2n) is 2.52. The molecule has 0 spiro atoms. The molecule has 0 bridgehead atoms. The highest BCUT2D eigenvalue weighted by molar-refractivity contribution is 5.88. The molecule has 0 aliphatic carbocycles. The minimum atomic E-state index is 0.0827. The lowest BCUT2D eigenvalue weighted by molar-refractivity contribution is -0.112. The zero-order chi connectivity index (χ0) is 8.85. The van der Waals surface area contributed by atoms with Crippen molar-refractivity contribution in [3.8, 4) is 0 Å². The second kappa shape index (κ2) is 4.67. The molecule has 0 aromatic rings. The Kier molecular flexibility index (Phi) is 4.20. The maximum Gasteiger partial charge on any atom is 0.152 e. The molecule has 0 radical (unpaired) electrons. The summed E-state index contributed by atoms with van der Waals surface area (Å²) >= 11 is 0. The fraction of sp³-hybridized carbons (Fsp3) is 0.300. The molecule has 0 unspecified atom stereocenters. The van der Waals surface area contributed by atoms with E-state index in [1.165, 1.54) is 0 Å². The summed E-state index contributed by atoms with van der Waals surface area (Å²) in [6.07, 6.45) is 5.22. The van der Waals surface area contributed by atoms with Crippen molar-refractivity contribution in [1.82, 2.24) is 0 Å². The Bertz CT molecular complexity index is 219. The van der Waals surface area contributed by atoms with E-state index < -0.39 is 0 Å². The SMILES string of the molecule is C=C/C=C(C)\C(C)=C/C(C)=O. The molecule has 11 heavy (non-hydrogen) atoms. The molecule has 0 heterocycles. The summed E-state index contributed by atoms with van der Waals surface area (Å²) in [4.78, 5) is 10.6. The van der Waals surface area contributed by atoms with Crippen molar-refractivity contribution in [2.75, 3.05) is 0 Å². The third-order valence-electron chi connectivity index (χ3n) is 1.41. The van der Waals surface area contributed by atoms with Crippen LogP contribution in [0.2, 0.25) is 0 Å². The van der Waals surface area contributed by atoms with Gasteiger partial charge in [0.15, 0.2) is 5.78 Å². The third kappa shape index (κ3) is 4.31.